The second-order valence-corrected chi connectivity index (χ2v) is 4.71. The van der Waals surface area contributed by atoms with Gasteiger partial charge in [0.15, 0.2) is 17.5 Å². The minimum atomic E-state index is 0.453. The average Bonchev–Trinajstić information content (AvgIpc) is 2.52. The summed E-state index contributed by atoms with van der Waals surface area (Å²) >= 11 is 0. The smallest absolute Gasteiger partial charge is 0.188 e. The first kappa shape index (κ1) is 17.1. The first-order valence-electron chi connectivity index (χ1n) is 7.04. The SMILES string of the molecule is CCN(C)CCNC(N)=NCc1ccc(OC)c(OC)c1. The molecule has 0 amide bonds. The lowest BCUT2D eigenvalue weighted by atomic mass is 10.2. The van der Waals surface area contributed by atoms with Crippen LogP contribution in [0, 0.1) is 0 Å². The summed E-state index contributed by atoms with van der Waals surface area (Å²) in [5.41, 5.74) is 6.86. The molecule has 0 aliphatic rings. The Morgan fingerprint density at radius 1 is 1.29 bits per heavy atom. The van der Waals surface area contributed by atoms with Crippen molar-refractivity contribution in [2.75, 3.05) is 40.9 Å². The van der Waals surface area contributed by atoms with Crippen LogP contribution in [0.25, 0.3) is 0 Å². The largest absolute Gasteiger partial charge is 0.493 e. The molecule has 0 aliphatic carbocycles. The maximum atomic E-state index is 5.84. The van der Waals surface area contributed by atoms with Crippen molar-refractivity contribution < 1.29 is 9.47 Å². The van der Waals surface area contributed by atoms with E-state index in [1.54, 1.807) is 14.2 Å². The van der Waals surface area contributed by atoms with Crippen LogP contribution in [-0.2, 0) is 6.54 Å². The molecular formula is C15H26N4O2. The highest BCUT2D eigenvalue weighted by Gasteiger charge is 2.04. The molecule has 0 radical (unpaired) electrons. The van der Waals surface area contributed by atoms with Gasteiger partial charge in [-0.25, -0.2) is 4.99 Å². The van der Waals surface area contributed by atoms with Gasteiger partial charge in [-0.15, -0.1) is 0 Å². The van der Waals surface area contributed by atoms with Gasteiger partial charge in [-0.05, 0) is 31.3 Å². The van der Waals surface area contributed by atoms with E-state index >= 15 is 0 Å². The average molecular weight is 294 g/mol. The molecule has 0 spiro atoms. The third-order valence-corrected chi connectivity index (χ3v) is 3.22. The minimum absolute atomic E-state index is 0.453. The number of hydrogen-bond acceptors (Lipinski definition) is 4. The van der Waals surface area contributed by atoms with E-state index in [0.29, 0.717) is 24.0 Å². The summed E-state index contributed by atoms with van der Waals surface area (Å²) in [5, 5.41) is 3.10. The van der Waals surface area contributed by atoms with Gasteiger partial charge in [-0.1, -0.05) is 13.0 Å². The van der Waals surface area contributed by atoms with Crippen molar-refractivity contribution in [2.45, 2.75) is 13.5 Å². The first-order chi connectivity index (χ1) is 10.1. The fraction of sp³-hybridized carbons (Fsp3) is 0.533. The van der Waals surface area contributed by atoms with Crippen LogP contribution in [0.5, 0.6) is 11.5 Å². The molecule has 0 fully saturated rings. The van der Waals surface area contributed by atoms with Crippen molar-refractivity contribution in [3.63, 3.8) is 0 Å². The second-order valence-electron chi connectivity index (χ2n) is 4.71. The van der Waals surface area contributed by atoms with Crippen molar-refractivity contribution in [1.29, 1.82) is 0 Å². The van der Waals surface area contributed by atoms with Crippen molar-refractivity contribution in [2.24, 2.45) is 10.7 Å². The summed E-state index contributed by atoms with van der Waals surface area (Å²) < 4.78 is 10.5. The number of nitrogens with zero attached hydrogens (tertiary/aromatic N) is 2. The molecule has 0 saturated carbocycles. The molecule has 118 valence electrons. The van der Waals surface area contributed by atoms with E-state index < -0.39 is 0 Å². The number of guanidine groups is 1. The van der Waals surface area contributed by atoms with Crippen LogP contribution in [0.15, 0.2) is 23.2 Å². The monoisotopic (exact) mass is 294 g/mol. The Bertz CT molecular complexity index is 463. The Hall–Kier alpha value is -1.95. The highest BCUT2D eigenvalue weighted by molar-refractivity contribution is 5.77. The molecule has 0 bridgehead atoms. The number of ether oxygens (including phenoxy) is 2. The molecule has 0 unspecified atom stereocenters. The standard InChI is InChI=1S/C15H26N4O2/c1-5-19(2)9-8-17-15(16)18-11-12-6-7-13(20-3)14(10-12)21-4/h6-7,10H,5,8-9,11H2,1-4H3,(H3,16,17,18). The van der Waals surface area contributed by atoms with Gasteiger partial charge >= 0.3 is 0 Å². The Morgan fingerprint density at radius 2 is 2.00 bits per heavy atom. The van der Waals surface area contributed by atoms with E-state index in [0.717, 1.165) is 25.2 Å². The third-order valence-electron chi connectivity index (χ3n) is 3.22. The molecule has 0 aromatic heterocycles. The number of benzene rings is 1. The molecule has 3 N–H and O–H groups in total. The second kappa shape index (κ2) is 9.07. The normalized spacial score (nSPS) is 11.6. The van der Waals surface area contributed by atoms with Crippen LogP contribution >= 0.6 is 0 Å². The van der Waals surface area contributed by atoms with Crippen LogP contribution in [0.4, 0.5) is 0 Å². The molecule has 0 heterocycles. The summed E-state index contributed by atoms with van der Waals surface area (Å²) in [6, 6.07) is 5.72. The summed E-state index contributed by atoms with van der Waals surface area (Å²) in [6.07, 6.45) is 0. The summed E-state index contributed by atoms with van der Waals surface area (Å²) in [6.45, 7) is 5.36. The molecule has 1 aromatic rings. The highest BCUT2D eigenvalue weighted by atomic mass is 16.5. The number of likely N-dealkylation sites (N-methyl/N-ethyl adjacent to an activating group) is 1. The van der Waals surface area contributed by atoms with Crippen molar-refractivity contribution in [3.05, 3.63) is 23.8 Å². The predicted octanol–water partition coefficient (Wildman–Crippen LogP) is 1.06. The lowest BCUT2D eigenvalue weighted by molar-refractivity contribution is 0.354. The quantitative estimate of drug-likeness (QED) is 0.554. The molecule has 6 nitrogen and oxygen atoms in total. The van der Waals surface area contributed by atoms with Gasteiger partial charge in [0.1, 0.15) is 0 Å². The molecule has 1 rings (SSSR count). The minimum Gasteiger partial charge on any atom is -0.493 e. The van der Waals surface area contributed by atoms with Crippen LogP contribution < -0.4 is 20.5 Å². The fourth-order valence-corrected chi connectivity index (χ4v) is 1.74. The number of methoxy groups -OCH3 is 2. The number of aliphatic imine (C=N–C) groups is 1. The zero-order chi connectivity index (χ0) is 15.7. The van der Waals surface area contributed by atoms with Crippen molar-refractivity contribution in [3.8, 4) is 11.5 Å². The van der Waals surface area contributed by atoms with Gasteiger partial charge < -0.3 is 25.4 Å². The zero-order valence-electron chi connectivity index (χ0n) is 13.3. The van der Waals surface area contributed by atoms with E-state index in [2.05, 4.69) is 29.2 Å². The Morgan fingerprint density at radius 3 is 2.62 bits per heavy atom. The predicted molar refractivity (Wildman–Crippen MR) is 86.0 cm³/mol. The molecule has 0 atom stereocenters. The third kappa shape index (κ3) is 5.91. The van der Waals surface area contributed by atoms with Crippen molar-refractivity contribution in [1.82, 2.24) is 10.2 Å². The van der Waals surface area contributed by atoms with Gasteiger partial charge in [-0.2, -0.15) is 0 Å². The van der Waals surface area contributed by atoms with Gasteiger partial charge in [0, 0.05) is 13.1 Å². The number of nitrogens with two attached hydrogens (primary N) is 1. The molecule has 1 aromatic carbocycles. The Kier molecular flexibility index (Phi) is 7.39. The molecule has 0 saturated heterocycles. The molecular weight excluding hydrogens is 268 g/mol. The molecule has 21 heavy (non-hydrogen) atoms. The van der Waals surface area contributed by atoms with Gasteiger partial charge in [0.05, 0.1) is 20.8 Å². The fourth-order valence-electron chi connectivity index (χ4n) is 1.74. The maximum absolute atomic E-state index is 5.84. The van der Waals surface area contributed by atoms with E-state index in [1.165, 1.54) is 0 Å². The summed E-state index contributed by atoms with van der Waals surface area (Å²) in [4.78, 5) is 6.52. The van der Waals surface area contributed by atoms with Crippen molar-refractivity contribution >= 4 is 5.96 Å². The van der Waals surface area contributed by atoms with Crippen LogP contribution in [0.1, 0.15) is 12.5 Å². The maximum Gasteiger partial charge on any atom is 0.188 e. The van der Waals surface area contributed by atoms with E-state index in [1.807, 2.05) is 18.2 Å². The first-order valence-corrected chi connectivity index (χ1v) is 7.04. The van der Waals surface area contributed by atoms with E-state index in [-0.39, 0.29) is 0 Å². The topological polar surface area (TPSA) is 72.1 Å². The molecule has 0 aliphatic heterocycles. The Labute approximate surface area is 126 Å². The van der Waals surface area contributed by atoms with Gasteiger partial charge in [0.2, 0.25) is 0 Å². The lowest BCUT2D eigenvalue weighted by Gasteiger charge is -2.14. The zero-order valence-corrected chi connectivity index (χ0v) is 13.3. The molecule has 6 heteroatoms. The van der Waals surface area contributed by atoms with E-state index in [4.69, 9.17) is 15.2 Å². The number of nitrogens with one attached hydrogen (secondary N) is 1. The number of hydrogen-bond donors (Lipinski definition) is 2. The Balaban J connectivity index is 2.51. The lowest BCUT2D eigenvalue weighted by Crippen LogP contribution is -2.37. The van der Waals surface area contributed by atoms with Crippen LogP contribution in [-0.4, -0.2) is 51.8 Å². The van der Waals surface area contributed by atoms with Gasteiger partial charge in [0.25, 0.3) is 0 Å². The summed E-state index contributed by atoms with van der Waals surface area (Å²) in [5.74, 6) is 1.86. The van der Waals surface area contributed by atoms with E-state index in [9.17, 15) is 0 Å². The highest BCUT2D eigenvalue weighted by Crippen LogP contribution is 2.27. The summed E-state index contributed by atoms with van der Waals surface area (Å²) in [7, 11) is 5.30. The van der Waals surface area contributed by atoms with Crippen LogP contribution in [0.3, 0.4) is 0 Å². The van der Waals surface area contributed by atoms with Crippen LogP contribution in [0.2, 0.25) is 0 Å². The van der Waals surface area contributed by atoms with Gasteiger partial charge in [-0.3, -0.25) is 0 Å². The number of rotatable bonds is 8.